The van der Waals surface area contributed by atoms with Gasteiger partial charge in [-0.3, -0.25) is 19.3 Å². The van der Waals surface area contributed by atoms with Crippen LogP contribution in [0.4, 0.5) is 5.69 Å². The first-order valence-corrected chi connectivity index (χ1v) is 7.72. The van der Waals surface area contributed by atoms with Gasteiger partial charge in [0.2, 0.25) is 11.7 Å². The van der Waals surface area contributed by atoms with Crippen LogP contribution in [0.2, 0.25) is 0 Å². The van der Waals surface area contributed by atoms with Crippen molar-refractivity contribution in [1.82, 2.24) is 25.5 Å². The fourth-order valence-electron chi connectivity index (χ4n) is 2.71. The van der Waals surface area contributed by atoms with E-state index in [9.17, 15) is 14.4 Å². The van der Waals surface area contributed by atoms with Crippen LogP contribution in [0.5, 0.6) is 0 Å². The molecule has 2 N–H and O–H groups in total. The van der Waals surface area contributed by atoms with Crippen LogP contribution in [-0.4, -0.2) is 49.8 Å². The van der Waals surface area contributed by atoms with Crippen molar-refractivity contribution in [1.29, 1.82) is 0 Å². The van der Waals surface area contributed by atoms with E-state index >= 15 is 0 Å². The number of imide groups is 1. The topological polar surface area (TPSA) is 121 Å². The Balaban J connectivity index is 1.43. The van der Waals surface area contributed by atoms with Crippen LogP contribution in [0, 0.1) is 0 Å². The molecule has 0 fully saturated rings. The lowest BCUT2D eigenvalue weighted by molar-refractivity contribution is -0.116. The monoisotopic (exact) mass is 348 g/mol. The van der Waals surface area contributed by atoms with Gasteiger partial charge in [-0.05, 0) is 41.6 Å². The molecule has 26 heavy (non-hydrogen) atoms. The largest absolute Gasteiger partial charge is 0.325 e. The van der Waals surface area contributed by atoms with Crippen molar-refractivity contribution in [3.8, 4) is 11.4 Å². The second-order valence-electron chi connectivity index (χ2n) is 5.60. The van der Waals surface area contributed by atoms with Gasteiger partial charge < -0.3 is 5.32 Å². The third-order valence-corrected chi connectivity index (χ3v) is 3.95. The maximum absolute atomic E-state index is 12.3. The molecule has 0 aliphatic carbocycles. The van der Waals surface area contributed by atoms with Gasteiger partial charge in [0.15, 0.2) is 0 Å². The zero-order valence-corrected chi connectivity index (χ0v) is 13.3. The number of benzene rings is 2. The molecule has 0 radical (unpaired) electrons. The Morgan fingerprint density at radius 1 is 1.00 bits per heavy atom. The van der Waals surface area contributed by atoms with Crippen LogP contribution in [0.3, 0.4) is 0 Å². The number of rotatable bonds is 4. The molecule has 2 heterocycles. The lowest BCUT2D eigenvalue weighted by Gasteiger charge is -2.13. The van der Waals surface area contributed by atoms with E-state index in [4.69, 9.17) is 0 Å². The maximum Gasteiger partial charge on any atom is 0.262 e. The predicted octanol–water partition coefficient (Wildman–Crippen LogP) is 1.10. The Labute approximate surface area is 147 Å². The van der Waals surface area contributed by atoms with Crippen LogP contribution in [-0.2, 0) is 4.79 Å². The number of amides is 3. The molecule has 128 valence electrons. The summed E-state index contributed by atoms with van der Waals surface area (Å²) in [5.41, 5.74) is 1.89. The molecule has 3 aromatic rings. The van der Waals surface area contributed by atoms with E-state index in [2.05, 4.69) is 25.9 Å². The van der Waals surface area contributed by atoms with Crippen molar-refractivity contribution in [2.75, 3.05) is 11.9 Å². The Morgan fingerprint density at radius 2 is 1.65 bits per heavy atom. The number of hydrogen-bond donors (Lipinski definition) is 2. The van der Waals surface area contributed by atoms with Gasteiger partial charge in [0.05, 0.1) is 11.1 Å². The van der Waals surface area contributed by atoms with Crippen molar-refractivity contribution in [2.45, 2.75) is 0 Å². The molecule has 9 heteroatoms. The van der Waals surface area contributed by atoms with Crippen LogP contribution in [0.15, 0.2) is 48.5 Å². The van der Waals surface area contributed by atoms with Gasteiger partial charge in [0.1, 0.15) is 6.54 Å². The molecule has 3 amide bonds. The number of carbonyl (C=O) groups excluding carboxylic acids is 3. The first kappa shape index (κ1) is 15.6. The molecule has 1 aromatic heterocycles. The quantitative estimate of drug-likeness (QED) is 0.681. The molecule has 1 aliphatic heterocycles. The van der Waals surface area contributed by atoms with E-state index in [1.165, 1.54) is 0 Å². The number of nitrogens with one attached hydrogen (secondary N) is 2. The van der Waals surface area contributed by atoms with Crippen molar-refractivity contribution in [2.24, 2.45) is 0 Å². The number of aromatic amines is 1. The summed E-state index contributed by atoms with van der Waals surface area (Å²) in [6, 6.07) is 13.3. The summed E-state index contributed by atoms with van der Waals surface area (Å²) in [5, 5.41) is 16.2. The SMILES string of the molecule is O=C(CN1C(=O)c2ccccc2C1=O)Nc1ccc(-c2nn[nH]n2)cc1. The molecule has 0 spiro atoms. The van der Waals surface area contributed by atoms with Gasteiger partial charge in [0.25, 0.3) is 11.8 Å². The van der Waals surface area contributed by atoms with Crippen molar-refractivity contribution in [3.63, 3.8) is 0 Å². The predicted molar refractivity (Wildman–Crippen MR) is 90.1 cm³/mol. The molecular formula is C17H12N6O3. The lowest BCUT2D eigenvalue weighted by atomic mass is 10.1. The smallest absolute Gasteiger partial charge is 0.262 e. The average Bonchev–Trinajstić information content (AvgIpc) is 3.27. The second kappa shape index (κ2) is 6.20. The highest BCUT2D eigenvalue weighted by atomic mass is 16.2. The minimum absolute atomic E-state index is 0.315. The highest BCUT2D eigenvalue weighted by Gasteiger charge is 2.36. The number of anilines is 1. The summed E-state index contributed by atoms with van der Waals surface area (Å²) in [6.45, 7) is -0.348. The molecule has 0 unspecified atom stereocenters. The summed E-state index contributed by atoms with van der Waals surface area (Å²) in [6.07, 6.45) is 0. The van der Waals surface area contributed by atoms with E-state index in [1.807, 2.05) is 0 Å². The molecule has 0 atom stereocenters. The number of aromatic nitrogens is 4. The van der Waals surface area contributed by atoms with E-state index in [0.717, 1.165) is 10.5 Å². The normalized spacial score (nSPS) is 13.0. The number of H-pyrrole nitrogens is 1. The van der Waals surface area contributed by atoms with Gasteiger partial charge in [-0.25, -0.2) is 0 Å². The van der Waals surface area contributed by atoms with Gasteiger partial charge in [-0.15, -0.1) is 10.2 Å². The standard InChI is InChI=1S/C17H12N6O3/c24-14(9-23-16(25)12-3-1-2-4-13(12)17(23)26)18-11-7-5-10(6-8-11)15-19-21-22-20-15/h1-8H,9H2,(H,18,24)(H,19,20,21,22). The average molecular weight is 348 g/mol. The Bertz CT molecular complexity index is 963. The zero-order chi connectivity index (χ0) is 18.1. The number of tetrazole rings is 1. The Hall–Kier alpha value is -3.88. The molecule has 2 aromatic carbocycles. The third kappa shape index (κ3) is 2.71. The second-order valence-corrected chi connectivity index (χ2v) is 5.60. The van der Waals surface area contributed by atoms with Crippen molar-refractivity contribution in [3.05, 3.63) is 59.7 Å². The van der Waals surface area contributed by atoms with E-state index in [-0.39, 0.29) is 6.54 Å². The lowest BCUT2D eigenvalue weighted by Crippen LogP contribution is -2.37. The van der Waals surface area contributed by atoms with Gasteiger partial charge in [0, 0.05) is 11.3 Å². The third-order valence-electron chi connectivity index (χ3n) is 3.95. The summed E-state index contributed by atoms with van der Waals surface area (Å²) in [4.78, 5) is 37.7. The van der Waals surface area contributed by atoms with Gasteiger partial charge >= 0.3 is 0 Å². The molecule has 0 saturated heterocycles. The highest BCUT2D eigenvalue weighted by Crippen LogP contribution is 2.22. The Morgan fingerprint density at radius 3 is 2.23 bits per heavy atom. The number of hydrogen-bond acceptors (Lipinski definition) is 6. The molecule has 4 rings (SSSR count). The molecular weight excluding hydrogens is 336 g/mol. The zero-order valence-electron chi connectivity index (χ0n) is 13.3. The van der Waals surface area contributed by atoms with Crippen molar-refractivity contribution < 1.29 is 14.4 Å². The minimum atomic E-state index is -0.466. The van der Waals surface area contributed by atoms with Crippen molar-refractivity contribution >= 4 is 23.4 Å². The van der Waals surface area contributed by atoms with Crippen LogP contribution >= 0.6 is 0 Å². The first-order valence-electron chi connectivity index (χ1n) is 7.72. The molecule has 9 nitrogen and oxygen atoms in total. The first-order chi connectivity index (χ1) is 12.6. The number of carbonyl (C=O) groups is 3. The molecule has 0 saturated carbocycles. The van der Waals surface area contributed by atoms with Gasteiger partial charge in [-0.1, -0.05) is 12.1 Å². The van der Waals surface area contributed by atoms with E-state index in [1.54, 1.807) is 48.5 Å². The molecule has 0 bridgehead atoms. The summed E-state index contributed by atoms with van der Waals surface area (Å²) in [7, 11) is 0. The van der Waals surface area contributed by atoms with Crippen LogP contribution < -0.4 is 5.32 Å². The maximum atomic E-state index is 12.3. The van der Waals surface area contributed by atoms with Gasteiger partial charge in [-0.2, -0.15) is 5.21 Å². The molecule has 1 aliphatic rings. The van der Waals surface area contributed by atoms with E-state index < -0.39 is 17.7 Å². The van der Waals surface area contributed by atoms with Crippen LogP contribution in [0.1, 0.15) is 20.7 Å². The van der Waals surface area contributed by atoms with E-state index in [0.29, 0.717) is 22.6 Å². The number of fused-ring (bicyclic) bond motifs is 1. The number of nitrogens with zero attached hydrogens (tertiary/aromatic N) is 4. The fourth-order valence-corrected chi connectivity index (χ4v) is 2.71. The summed E-state index contributed by atoms with van der Waals surface area (Å²) < 4.78 is 0. The summed E-state index contributed by atoms with van der Waals surface area (Å²) in [5.74, 6) is -0.956. The summed E-state index contributed by atoms with van der Waals surface area (Å²) >= 11 is 0. The Kier molecular flexibility index (Phi) is 3.73. The highest BCUT2D eigenvalue weighted by molar-refractivity contribution is 6.22. The minimum Gasteiger partial charge on any atom is -0.325 e. The fraction of sp³-hybridized carbons (Fsp3) is 0.0588. The van der Waals surface area contributed by atoms with Crippen LogP contribution in [0.25, 0.3) is 11.4 Å².